The molecule has 0 fully saturated rings. The van der Waals surface area contributed by atoms with Gasteiger partial charge in [0.05, 0.1) is 9.79 Å². The SMILES string of the molecule is CCCCCCc1ccc2cccc(S(=O)(=O)[O-])c2c1.CCCCCCc1ccc2cccc(S(=O)(=O)[O-])c2c1.[Ca+2]. The average Bonchev–Trinajstić information content (AvgIpc) is 2.92. The van der Waals surface area contributed by atoms with E-state index in [2.05, 4.69) is 13.8 Å². The third-order valence-corrected chi connectivity index (χ3v) is 8.78. The van der Waals surface area contributed by atoms with Crippen molar-refractivity contribution in [2.45, 2.75) is 87.8 Å². The number of aryl methyl sites for hydroxylation is 2. The van der Waals surface area contributed by atoms with Crippen LogP contribution in [0.25, 0.3) is 21.5 Å². The molecule has 0 aliphatic heterocycles. The second-order valence-electron chi connectivity index (χ2n) is 10.2. The fourth-order valence-electron chi connectivity index (χ4n) is 4.84. The van der Waals surface area contributed by atoms with Gasteiger partial charge in [0.25, 0.3) is 0 Å². The molecular formula is C32H38CaO6S2. The molecule has 0 amide bonds. The summed E-state index contributed by atoms with van der Waals surface area (Å²) < 4.78 is 67.8. The van der Waals surface area contributed by atoms with E-state index in [1.165, 1.54) is 50.7 Å². The summed E-state index contributed by atoms with van der Waals surface area (Å²) in [7, 11) is -8.85. The summed E-state index contributed by atoms with van der Waals surface area (Å²) in [6, 6.07) is 21.1. The van der Waals surface area contributed by atoms with E-state index in [9.17, 15) is 25.9 Å². The standard InChI is InChI=1S/2C16H20O3S.Ca/c2*1-2-3-4-5-7-13-10-11-14-8-6-9-16(15(14)12-13)20(17,18)19;/h2*6,8-12H,2-5,7H2,1H3,(H,17,18,19);/q;;+2/p-2. The predicted octanol–water partition coefficient (Wildman–Crippen LogP) is 7.35. The first kappa shape index (κ1) is 35.7. The number of fused-ring (bicyclic) bond motifs is 2. The van der Waals surface area contributed by atoms with Crippen molar-refractivity contribution in [1.29, 1.82) is 0 Å². The van der Waals surface area contributed by atoms with Crippen LogP contribution in [0.5, 0.6) is 0 Å². The Kier molecular flexibility index (Phi) is 14.7. The van der Waals surface area contributed by atoms with Crippen LogP contribution in [0, 0.1) is 0 Å². The molecule has 0 bridgehead atoms. The Hall–Kier alpha value is -1.52. The van der Waals surface area contributed by atoms with E-state index in [1.54, 1.807) is 12.1 Å². The van der Waals surface area contributed by atoms with Gasteiger partial charge in [-0.3, -0.25) is 0 Å². The first-order valence-corrected chi connectivity index (χ1v) is 16.8. The van der Waals surface area contributed by atoms with Crippen LogP contribution < -0.4 is 0 Å². The molecule has 0 saturated heterocycles. The van der Waals surface area contributed by atoms with Gasteiger partial charge in [-0.1, -0.05) is 101 Å². The molecule has 9 heteroatoms. The Morgan fingerprint density at radius 3 is 1.27 bits per heavy atom. The van der Waals surface area contributed by atoms with Crippen LogP contribution >= 0.6 is 0 Å². The molecule has 0 radical (unpaired) electrons. The minimum Gasteiger partial charge on any atom is -0.744 e. The first-order chi connectivity index (χ1) is 19.0. The smallest absolute Gasteiger partial charge is 0.744 e. The number of rotatable bonds is 12. The zero-order valence-corrected chi connectivity index (χ0v) is 27.8. The molecule has 41 heavy (non-hydrogen) atoms. The summed E-state index contributed by atoms with van der Waals surface area (Å²) in [6.45, 7) is 4.34. The minimum atomic E-state index is -4.43. The molecule has 0 N–H and O–H groups in total. The number of unbranched alkanes of at least 4 members (excludes halogenated alkanes) is 6. The van der Waals surface area contributed by atoms with E-state index in [0.29, 0.717) is 10.8 Å². The molecule has 216 valence electrons. The third-order valence-electron chi connectivity index (χ3n) is 6.99. The second-order valence-corrected chi connectivity index (χ2v) is 12.8. The molecule has 0 aliphatic rings. The van der Waals surface area contributed by atoms with Crippen molar-refractivity contribution in [3.05, 3.63) is 83.9 Å². The Labute approximate surface area is 275 Å². The molecule has 4 aromatic carbocycles. The molecule has 0 spiro atoms. The molecule has 0 unspecified atom stereocenters. The van der Waals surface area contributed by atoms with Crippen molar-refractivity contribution >= 4 is 79.5 Å². The summed E-state index contributed by atoms with van der Waals surface area (Å²) in [4.78, 5) is -0.240. The van der Waals surface area contributed by atoms with Crippen LogP contribution in [-0.2, 0) is 33.1 Å². The van der Waals surface area contributed by atoms with E-state index in [0.717, 1.165) is 47.6 Å². The van der Waals surface area contributed by atoms with E-state index in [4.69, 9.17) is 0 Å². The van der Waals surface area contributed by atoms with Crippen LogP contribution in [-0.4, -0.2) is 63.7 Å². The fourth-order valence-corrected chi connectivity index (χ4v) is 6.22. The van der Waals surface area contributed by atoms with Gasteiger partial charge in [-0.15, -0.1) is 0 Å². The Morgan fingerprint density at radius 1 is 0.537 bits per heavy atom. The zero-order valence-electron chi connectivity index (χ0n) is 24.0. The largest absolute Gasteiger partial charge is 2.00 e. The number of hydrogen-bond donors (Lipinski definition) is 0. The second kappa shape index (κ2) is 16.9. The van der Waals surface area contributed by atoms with Crippen molar-refractivity contribution in [1.82, 2.24) is 0 Å². The Balaban J connectivity index is 0.000000280. The number of benzene rings is 4. The minimum absolute atomic E-state index is 0. The normalized spacial score (nSPS) is 11.6. The van der Waals surface area contributed by atoms with E-state index >= 15 is 0 Å². The molecule has 6 nitrogen and oxygen atoms in total. The van der Waals surface area contributed by atoms with E-state index in [1.807, 2.05) is 48.5 Å². The van der Waals surface area contributed by atoms with Gasteiger partial charge in [0.15, 0.2) is 0 Å². The molecule has 4 aromatic rings. The van der Waals surface area contributed by atoms with Crippen LogP contribution in [0.4, 0.5) is 0 Å². The van der Waals surface area contributed by atoms with Crippen LogP contribution in [0.1, 0.15) is 76.3 Å². The summed E-state index contributed by atoms with van der Waals surface area (Å²) in [6.07, 6.45) is 11.2. The molecule has 0 saturated carbocycles. The molecular weight excluding hydrogens is 585 g/mol. The van der Waals surface area contributed by atoms with Gasteiger partial charge >= 0.3 is 37.7 Å². The van der Waals surface area contributed by atoms with Crippen LogP contribution in [0.3, 0.4) is 0 Å². The molecule has 0 heterocycles. The van der Waals surface area contributed by atoms with Crippen molar-refractivity contribution in [2.75, 3.05) is 0 Å². The summed E-state index contributed by atoms with van der Waals surface area (Å²) >= 11 is 0. The molecule has 0 aromatic heterocycles. The van der Waals surface area contributed by atoms with Crippen molar-refractivity contribution in [3.63, 3.8) is 0 Å². The van der Waals surface area contributed by atoms with Gasteiger partial charge in [0.2, 0.25) is 0 Å². The van der Waals surface area contributed by atoms with Crippen molar-refractivity contribution in [3.8, 4) is 0 Å². The van der Waals surface area contributed by atoms with Gasteiger partial charge in [-0.2, -0.15) is 0 Å². The Bertz CT molecular complexity index is 1510. The van der Waals surface area contributed by atoms with Crippen molar-refractivity contribution in [2.24, 2.45) is 0 Å². The monoisotopic (exact) mass is 622 g/mol. The predicted molar refractivity (Wildman–Crippen MR) is 165 cm³/mol. The average molecular weight is 623 g/mol. The third kappa shape index (κ3) is 10.9. The van der Waals surface area contributed by atoms with E-state index in [-0.39, 0.29) is 47.5 Å². The van der Waals surface area contributed by atoms with Gasteiger partial charge in [0.1, 0.15) is 20.2 Å². The van der Waals surface area contributed by atoms with Gasteiger partial charge in [0, 0.05) is 0 Å². The number of hydrogen-bond acceptors (Lipinski definition) is 6. The van der Waals surface area contributed by atoms with Gasteiger partial charge < -0.3 is 9.11 Å². The topological polar surface area (TPSA) is 114 Å². The summed E-state index contributed by atoms with van der Waals surface area (Å²) in [5, 5.41) is 2.66. The molecule has 0 aliphatic carbocycles. The first-order valence-electron chi connectivity index (χ1n) is 14.0. The zero-order chi connectivity index (χ0) is 29.2. The quantitative estimate of drug-likeness (QED) is 0.0927. The maximum Gasteiger partial charge on any atom is 2.00 e. The van der Waals surface area contributed by atoms with E-state index < -0.39 is 20.2 Å². The van der Waals surface area contributed by atoms with Gasteiger partial charge in [-0.25, -0.2) is 16.8 Å². The van der Waals surface area contributed by atoms with Crippen LogP contribution in [0.15, 0.2) is 82.6 Å². The maximum absolute atomic E-state index is 11.3. The molecule has 0 atom stereocenters. The maximum atomic E-state index is 11.3. The fraction of sp³-hybridized carbons (Fsp3) is 0.375. The summed E-state index contributed by atoms with van der Waals surface area (Å²) in [5.74, 6) is 0. The molecule has 4 rings (SSSR count). The summed E-state index contributed by atoms with van der Waals surface area (Å²) in [5.41, 5.74) is 2.18. The Morgan fingerprint density at radius 2 is 0.927 bits per heavy atom. The van der Waals surface area contributed by atoms with Crippen molar-refractivity contribution < 1.29 is 25.9 Å². The van der Waals surface area contributed by atoms with Gasteiger partial charge in [-0.05, 0) is 82.6 Å². The van der Waals surface area contributed by atoms with Crippen LogP contribution in [0.2, 0.25) is 0 Å².